The molecule has 0 unspecified atom stereocenters. The average Bonchev–Trinajstić information content (AvgIpc) is 3.00. The van der Waals surface area contributed by atoms with Gasteiger partial charge in [-0.05, 0) is 0 Å². The number of imidazole rings is 1. The zero-order valence-corrected chi connectivity index (χ0v) is 11.4. The number of amides is 2. The second kappa shape index (κ2) is 5.41. The minimum atomic E-state index is -0.231. The third kappa shape index (κ3) is 2.69. The first-order valence-electron chi connectivity index (χ1n) is 6.27. The Morgan fingerprint density at radius 1 is 1.50 bits per heavy atom. The fourth-order valence-corrected chi connectivity index (χ4v) is 2.66. The van der Waals surface area contributed by atoms with Gasteiger partial charge in [0, 0.05) is 43.6 Å². The standard InChI is InChI=1S/C12H13N5O2S/c18-10-2-1-9(15-16-10)11(19)13-4-3-8-7-17-5-6-20-12(17)14-8/h5-7H,1-4H2,(H,13,19)(H,16,18). The van der Waals surface area contributed by atoms with E-state index in [0.717, 1.165) is 10.7 Å². The second-order valence-corrected chi connectivity index (χ2v) is 5.30. The molecule has 0 atom stereocenters. The smallest absolute Gasteiger partial charge is 0.267 e. The molecule has 1 aliphatic heterocycles. The van der Waals surface area contributed by atoms with Crippen molar-refractivity contribution in [1.82, 2.24) is 20.1 Å². The monoisotopic (exact) mass is 291 g/mol. The van der Waals surface area contributed by atoms with Crippen LogP contribution in [0, 0.1) is 0 Å². The summed E-state index contributed by atoms with van der Waals surface area (Å²) in [5, 5.41) is 8.51. The largest absolute Gasteiger partial charge is 0.351 e. The van der Waals surface area contributed by atoms with Crippen molar-refractivity contribution in [2.24, 2.45) is 5.10 Å². The zero-order valence-electron chi connectivity index (χ0n) is 10.6. The minimum Gasteiger partial charge on any atom is -0.351 e. The van der Waals surface area contributed by atoms with Gasteiger partial charge in [0.15, 0.2) is 4.96 Å². The van der Waals surface area contributed by atoms with Crippen LogP contribution in [0.5, 0.6) is 0 Å². The molecule has 8 heteroatoms. The van der Waals surface area contributed by atoms with Crippen LogP contribution in [0.4, 0.5) is 0 Å². The number of carbonyl (C=O) groups excluding carboxylic acids is 2. The summed E-state index contributed by atoms with van der Waals surface area (Å²) in [6.07, 6.45) is 5.27. The van der Waals surface area contributed by atoms with Gasteiger partial charge in [-0.15, -0.1) is 11.3 Å². The molecule has 0 radical (unpaired) electrons. The molecular formula is C12H13N5O2S. The summed E-state index contributed by atoms with van der Waals surface area (Å²) >= 11 is 1.58. The summed E-state index contributed by atoms with van der Waals surface area (Å²) < 4.78 is 1.96. The van der Waals surface area contributed by atoms with E-state index in [4.69, 9.17) is 0 Å². The van der Waals surface area contributed by atoms with Crippen molar-refractivity contribution in [1.29, 1.82) is 0 Å². The highest BCUT2D eigenvalue weighted by Crippen LogP contribution is 2.11. The van der Waals surface area contributed by atoms with Gasteiger partial charge in [-0.1, -0.05) is 0 Å². The first-order valence-corrected chi connectivity index (χ1v) is 7.15. The van der Waals surface area contributed by atoms with E-state index in [2.05, 4.69) is 20.8 Å². The molecule has 2 aromatic heterocycles. The van der Waals surface area contributed by atoms with Crippen LogP contribution in [-0.4, -0.2) is 33.5 Å². The Bertz CT molecular complexity index is 658. The summed E-state index contributed by atoms with van der Waals surface area (Å²) in [4.78, 5) is 28.1. The zero-order chi connectivity index (χ0) is 13.9. The predicted molar refractivity (Wildman–Crippen MR) is 74.6 cm³/mol. The van der Waals surface area contributed by atoms with Crippen molar-refractivity contribution >= 4 is 33.8 Å². The van der Waals surface area contributed by atoms with Gasteiger partial charge in [0.25, 0.3) is 5.91 Å². The van der Waals surface area contributed by atoms with Crippen LogP contribution in [0.1, 0.15) is 18.5 Å². The molecule has 3 heterocycles. The summed E-state index contributed by atoms with van der Waals surface area (Å²) in [6, 6.07) is 0. The summed E-state index contributed by atoms with van der Waals surface area (Å²) in [5.74, 6) is -0.384. The van der Waals surface area contributed by atoms with Crippen molar-refractivity contribution < 1.29 is 9.59 Å². The van der Waals surface area contributed by atoms with Crippen molar-refractivity contribution in [2.45, 2.75) is 19.3 Å². The van der Waals surface area contributed by atoms with Crippen molar-refractivity contribution in [3.63, 3.8) is 0 Å². The van der Waals surface area contributed by atoms with Crippen LogP contribution in [0.25, 0.3) is 4.96 Å². The Balaban J connectivity index is 1.51. The lowest BCUT2D eigenvalue weighted by Gasteiger charge is -2.11. The Morgan fingerprint density at radius 2 is 2.40 bits per heavy atom. The van der Waals surface area contributed by atoms with Gasteiger partial charge in [-0.25, -0.2) is 10.4 Å². The number of nitrogens with one attached hydrogen (secondary N) is 2. The molecule has 0 saturated heterocycles. The van der Waals surface area contributed by atoms with Gasteiger partial charge in [0.1, 0.15) is 5.71 Å². The summed E-state index contributed by atoms with van der Waals surface area (Å²) in [6.45, 7) is 0.497. The lowest BCUT2D eigenvalue weighted by Crippen LogP contribution is -2.37. The van der Waals surface area contributed by atoms with E-state index in [1.165, 1.54) is 0 Å². The topological polar surface area (TPSA) is 87.9 Å². The van der Waals surface area contributed by atoms with Gasteiger partial charge >= 0.3 is 0 Å². The van der Waals surface area contributed by atoms with Crippen LogP contribution < -0.4 is 10.7 Å². The van der Waals surface area contributed by atoms with E-state index in [-0.39, 0.29) is 11.8 Å². The fraction of sp³-hybridized carbons (Fsp3) is 0.333. The van der Waals surface area contributed by atoms with Crippen molar-refractivity contribution in [2.75, 3.05) is 6.54 Å². The molecule has 7 nitrogen and oxygen atoms in total. The van der Waals surface area contributed by atoms with Crippen LogP contribution in [0.15, 0.2) is 22.9 Å². The molecule has 20 heavy (non-hydrogen) atoms. The molecule has 2 N–H and O–H groups in total. The van der Waals surface area contributed by atoms with Crippen molar-refractivity contribution in [3.8, 4) is 0 Å². The normalized spacial score (nSPS) is 15.0. The van der Waals surface area contributed by atoms with Crippen LogP contribution in [-0.2, 0) is 16.0 Å². The van der Waals surface area contributed by atoms with Gasteiger partial charge in [-0.3, -0.25) is 14.0 Å². The number of carbonyl (C=O) groups is 2. The van der Waals surface area contributed by atoms with Gasteiger partial charge in [0.05, 0.1) is 5.69 Å². The maximum Gasteiger partial charge on any atom is 0.267 e. The maximum absolute atomic E-state index is 11.8. The van der Waals surface area contributed by atoms with Crippen molar-refractivity contribution in [3.05, 3.63) is 23.5 Å². The molecule has 2 aromatic rings. The molecule has 2 amide bonds. The molecule has 0 fully saturated rings. The van der Waals surface area contributed by atoms with E-state index >= 15 is 0 Å². The lowest BCUT2D eigenvalue weighted by atomic mass is 10.1. The number of hydrazone groups is 1. The van der Waals surface area contributed by atoms with E-state index < -0.39 is 0 Å². The molecule has 0 spiro atoms. The third-order valence-corrected chi connectivity index (χ3v) is 3.75. The number of nitrogens with zero attached hydrogens (tertiary/aromatic N) is 3. The first kappa shape index (κ1) is 12.8. The van der Waals surface area contributed by atoms with E-state index in [1.807, 2.05) is 22.2 Å². The number of hydrogen-bond donors (Lipinski definition) is 2. The highest BCUT2D eigenvalue weighted by Gasteiger charge is 2.17. The summed E-state index contributed by atoms with van der Waals surface area (Å²) in [7, 11) is 0. The SMILES string of the molecule is O=C1CCC(C(=O)NCCc2cn3ccsc3n2)=NN1. The molecule has 1 aliphatic rings. The third-order valence-electron chi connectivity index (χ3n) is 2.98. The molecule has 0 saturated carbocycles. The van der Waals surface area contributed by atoms with E-state index in [0.29, 0.717) is 31.5 Å². The van der Waals surface area contributed by atoms with Crippen LogP contribution in [0.3, 0.4) is 0 Å². The minimum absolute atomic E-state index is 0.153. The molecular weight excluding hydrogens is 278 g/mol. The Morgan fingerprint density at radius 3 is 3.15 bits per heavy atom. The molecule has 0 aromatic carbocycles. The predicted octanol–water partition coefficient (Wildman–Crippen LogP) is 0.320. The van der Waals surface area contributed by atoms with E-state index in [9.17, 15) is 9.59 Å². The highest BCUT2D eigenvalue weighted by molar-refractivity contribution is 7.15. The Labute approximate surface area is 118 Å². The number of aromatic nitrogens is 2. The Hall–Kier alpha value is -2.22. The molecule has 0 aliphatic carbocycles. The van der Waals surface area contributed by atoms with E-state index in [1.54, 1.807) is 11.3 Å². The number of rotatable bonds is 4. The van der Waals surface area contributed by atoms with Crippen LogP contribution in [0.2, 0.25) is 0 Å². The quantitative estimate of drug-likeness (QED) is 0.850. The Kier molecular flexibility index (Phi) is 3.46. The second-order valence-electron chi connectivity index (χ2n) is 4.42. The maximum atomic E-state index is 11.8. The number of thiazole rings is 1. The number of hydrogen-bond acceptors (Lipinski definition) is 5. The van der Waals surface area contributed by atoms with Gasteiger partial charge in [0.2, 0.25) is 5.91 Å². The number of fused-ring (bicyclic) bond motifs is 1. The van der Waals surface area contributed by atoms with Gasteiger partial charge in [-0.2, -0.15) is 5.10 Å². The van der Waals surface area contributed by atoms with Crippen LogP contribution >= 0.6 is 11.3 Å². The molecule has 0 bridgehead atoms. The highest BCUT2D eigenvalue weighted by atomic mass is 32.1. The average molecular weight is 291 g/mol. The molecule has 104 valence electrons. The summed E-state index contributed by atoms with van der Waals surface area (Å²) in [5.41, 5.74) is 3.62. The molecule has 3 rings (SSSR count). The van der Waals surface area contributed by atoms with Gasteiger partial charge < -0.3 is 5.32 Å². The fourth-order valence-electron chi connectivity index (χ4n) is 1.94. The lowest BCUT2D eigenvalue weighted by molar-refractivity contribution is -0.121. The first-order chi connectivity index (χ1) is 9.72.